The molecule has 2 aromatic rings. The Balaban J connectivity index is 1.32. The van der Waals surface area contributed by atoms with Crippen LogP contribution in [-0.2, 0) is 25.7 Å². The number of ether oxygens (including phenoxy) is 2. The Kier molecular flexibility index (Phi) is 4.89. The van der Waals surface area contributed by atoms with Crippen molar-refractivity contribution in [2.45, 2.75) is 25.6 Å². The zero-order chi connectivity index (χ0) is 24.1. The van der Waals surface area contributed by atoms with Crippen LogP contribution in [0, 0.1) is 10.1 Å². The summed E-state index contributed by atoms with van der Waals surface area (Å²) in [5.74, 6) is -2.35. The first-order valence-electron chi connectivity index (χ1n) is 10.3. The van der Waals surface area contributed by atoms with Crippen molar-refractivity contribution in [2.75, 3.05) is 6.61 Å². The van der Waals surface area contributed by atoms with Crippen LogP contribution in [0.1, 0.15) is 33.2 Å². The van der Waals surface area contributed by atoms with Crippen molar-refractivity contribution < 1.29 is 33.6 Å². The van der Waals surface area contributed by atoms with Gasteiger partial charge in [0.25, 0.3) is 23.4 Å². The minimum absolute atomic E-state index is 0.00871. The molecule has 1 saturated heterocycles. The zero-order valence-corrected chi connectivity index (χ0v) is 17.8. The fourth-order valence-electron chi connectivity index (χ4n) is 4.34. The fraction of sp³-hybridized carbons (Fsp3) is 0.217. The molecule has 0 radical (unpaired) electrons. The highest BCUT2D eigenvalue weighted by Gasteiger charge is 2.60. The van der Waals surface area contributed by atoms with Crippen LogP contribution in [0.4, 0.5) is 5.69 Å². The Morgan fingerprint density at radius 2 is 1.68 bits per heavy atom. The largest absolute Gasteiger partial charge is 0.494 e. The molecule has 3 aliphatic rings. The number of imide groups is 1. The van der Waals surface area contributed by atoms with Crippen LogP contribution >= 0.6 is 0 Å². The van der Waals surface area contributed by atoms with Gasteiger partial charge in [0, 0.05) is 12.1 Å². The van der Waals surface area contributed by atoms with Crippen molar-refractivity contribution in [3.05, 3.63) is 86.8 Å². The van der Waals surface area contributed by atoms with Crippen LogP contribution in [0.25, 0.3) is 0 Å². The van der Waals surface area contributed by atoms with Crippen LogP contribution in [0.15, 0.2) is 60.0 Å². The number of amides is 3. The SMILES string of the molecule is CC1=C(C(=O)OCc2ccc([N+](=O)[O-])cc2)N2C(=O)[C@@H](N3C(=O)c4ccccc4C3=O)[C@H]2CO1. The van der Waals surface area contributed by atoms with Gasteiger partial charge in [-0.1, -0.05) is 12.1 Å². The lowest BCUT2D eigenvalue weighted by atomic mass is 9.91. The van der Waals surface area contributed by atoms with E-state index in [1.54, 1.807) is 12.1 Å². The third-order valence-electron chi connectivity index (χ3n) is 6.05. The van der Waals surface area contributed by atoms with Gasteiger partial charge in [0.15, 0.2) is 5.70 Å². The minimum Gasteiger partial charge on any atom is -0.494 e. The van der Waals surface area contributed by atoms with Crippen LogP contribution < -0.4 is 0 Å². The van der Waals surface area contributed by atoms with E-state index in [1.165, 1.54) is 48.2 Å². The molecule has 0 bridgehead atoms. The number of nitro benzene ring substituents is 1. The highest BCUT2D eigenvalue weighted by atomic mass is 16.6. The van der Waals surface area contributed by atoms with Crippen molar-refractivity contribution >= 4 is 29.4 Å². The maximum Gasteiger partial charge on any atom is 0.358 e. The zero-order valence-electron chi connectivity index (χ0n) is 17.8. The van der Waals surface area contributed by atoms with E-state index in [9.17, 15) is 29.3 Å². The Hall–Kier alpha value is -4.54. The molecule has 3 amide bonds. The number of nitrogens with zero attached hydrogens (tertiary/aromatic N) is 3. The average Bonchev–Trinajstić information content (AvgIpc) is 3.08. The molecule has 34 heavy (non-hydrogen) atoms. The standard InChI is InChI=1S/C23H17N3O8/c1-12-18(23(30)34-10-13-6-8-14(9-7-13)26(31)32)24-17(11-33-12)19(22(24)29)25-20(27)15-4-2-3-5-16(15)21(25)28/h2-9,17,19H,10-11H2,1H3/t17-,19+/m1/s1. The maximum atomic E-state index is 13.1. The van der Waals surface area contributed by atoms with Crippen LogP contribution in [-0.4, -0.2) is 57.1 Å². The van der Waals surface area contributed by atoms with E-state index in [4.69, 9.17) is 9.47 Å². The number of esters is 1. The van der Waals surface area contributed by atoms with Gasteiger partial charge in [-0.25, -0.2) is 4.79 Å². The summed E-state index contributed by atoms with van der Waals surface area (Å²) in [5.41, 5.74) is 0.776. The molecule has 0 unspecified atom stereocenters. The molecule has 2 aromatic carbocycles. The van der Waals surface area contributed by atoms with Crippen molar-refractivity contribution in [1.82, 2.24) is 9.80 Å². The lowest BCUT2D eigenvalue weighted by Crippen LogP contribution is -2.74. The van der Waals surface area contributed by atoms with Gasteiger partial charge in [0.05, 0.1) is 16.1 Å². The monoisotopic (exact) mass is 463 g/mol. The number of benzene rings is 2. The molecule has 0 N–H and O–H groups in total. The van der Waals surface area contributed by atoms with E-state index in [-0.39, 0.29) is 41.5 Å². The predicted octanol–water partition coefficient (Wildman–Crippen LogP) is 1.78. The molecule has 0 aromatic heterocycles. The molecule has 11 nitrogen and oxygen atoms in total. The van der Waals surface area contributed by atoms with Crippen LogP contribution in [0.5, 0.6) is 0 Å². The van der Waals surface area contributed by atoms with E-state index < -0.39 is 40.7 Å². The van der Waals surface area contributed by atoms with E-state index >= 15 is 0 Å². The highest BCUT2D eigenvalue weighted by molar-refractivity contribution is 6.23. The maximum absolute atomic E-state index is 13.1. The minimum atomic E-state index is -1.09. The molecule has 11 heteroatoms. The molecule has 1 fully saturated rings. The van der Waals surface area contributed by atoms with E-state index in [0.29, 0.717) is 5.56 Å². The molecule has 5 rings (SSSR count). The Bertz CT molecular complexity index is 1260. The average molecular weight is 463 g/mol. The second-order valence-corrected chi connectivity index (χ2v) is 7.96. The summed E-state index contributed by atoms with van der Waals surface area (Å²) >= 11 is 0. The highest BCUT2D eigenvalue weighted by Crippen LogP contribution is 2.38. The van der Waals surface area contributed by atoms with E-state index in [1.807, 2.05) is 0 Å². The first-order valence-corrected chi connectivity index (χ1v) is 10.3. The number of carbonyl (C=O) groups excluding carboxylic acids is 4. The number of allylic oxidation sites excluding steroid dienone is 1. The third-order valence-corrected chi connectivity index (χ3v) is 6.05. The number of rotatable bonds is 5. The smallest absolute Gasteiger partial charge is 0.358 e. The number of β-lactam (4-membered cyclic amide) rings is 1. The summed E-state index contributed by atoms with van der Waals surface area (Å²) in [6, 6.07) is 10.0. The number of hydrogen-bond acceptors (Lipinski definition) is 8. The fourth-order valence-corrected chi connectivity index (χ4v) is 4.34. The number of nitro groups is 1. The summed E-state index contributed by atoms with van der Waals surface area (Å²) in [6.07, 6.45) is 0. The van der Waals surface area contributed by atoms with Gasteiger partial charge in [0.2, 0.25) is 0 Å². The second-order valence-electron chi connectivity index (χ2n) is 7.96. The Morgan fingerprint density at radius 1 is 1.06 bits per heavy atom. The molecule has 2 atom stereocenters. The molecule has 0 saturated carbocycles. The van der Waals surface area contributed by atoms with Gasteiger partial charge in [-0.3, -0.25) is 34.3 Å². The molecule has 172 valence electrons. The predicted molar refractivity (Wildman–Crippen MR) is 113 cm³/mol. The quantitative estimate of drug-likeness (QED) is 0.215. The topological polar surface area (TPSA) is 136 Å². The summed E-state index contributed by atoms with van der Waals surface area (Å²) in [6.45, 7) is 1.35. The number of carbonyl (C=O) groups is 4. The summed E-state index contributed by atoms with van der Waals surface area (Å²) in [7, 11) is 0. The number of fused-ring (bicyclic) bond motifs is 2. The second kappa shape index (κ2) is 7.80. The molecule has 0 aliphatic carbocycles. The van der Waals surface area contributed by atoms with Gasteiger partial charge in [-0.05, 0) is 36.8 Å². The lowest BCUT2D eigenvalue weighted by Gasteiger charge is -2.51. The van der Waals surface area contributed by atoms with Gasteiger partial charge < -0.3 is 9.47 Å². The molecular formula is C23H17N3O8. The van der Waals surface area contributed by atoms with Gasteiger partial charge in [-0.15, -0.1) is 0 Å². The number of hydrogen-bond donors (Lipinski definition) is 0. The van der Waals surface area contributed by atoms with Crippen LogP contribution in [0.3, 0.4) is 0 Å². The number of non-ortho nitro benzene ring substituents is 1. The molecule has 3 aliphatic heterocycles. The summed E-state index contributed by atoms with van der Waals surface area (Å²) in [5, 5.41) is 10.8. The van der Waals surface area contributed by atoms with E-state index in [2.05, 4.69) is 0 Å². The Morgan fingerprint density at radius 3 is 2.26 bits per heavy atom. The van der Waals surface area contributed by atoms with Gasteiger partial charge >= 0.3 is 5.97 Å². The molecule has 0 spiro atoms. The van der Waals surface area contributed by atoms with Gasteiger partial charge in [0.1, 0.15) is 31.1 Å². The summed E-state index contributed by atoms with van der Waals surface area (Å²) < 4.78 is 10.9. The van der Waals surface area contributed by atoms with Gasteiger partial charge in [-0.2, -0.15) is 0 Å². The lowest BCUT2D eigenvalue weighted by molar-refractivity contribution is -0.384. The first-order chi connectivity index (χ1) is 16.3. The van der Waals surface area contributed by atoms with E-state index in [0.717, 1.165) is 4.90 Å². The van der Waals surface area contributed by atoms with Crippen molar-refractivity contribution in [1.29, 1.82) is 0 Å². The molecule has 3 heterocycles. The third kappa shape index (κ3) is 3.12. The van der Waals surface area contributed by atoms with Crippen molar-refractivity contribution in [2.24, 2.45) is 0 Å². The van der Waals surface area contributed by atoms with Crippen molar-refractivity contribution in [3.63, 3.8) is 0 Å². The van der Waals surface area contributed by atoms with Crippen LogP contribution in [0.2, 0.25) is 0 Å². The normalized spacial score (nSPS) is 21.0. The molecular weight excluding hydrogens is 446 g/mol. The first kappa shape index (κ1) is 21.3. The Labute approximate surface area is 192 Å². The van der Waals surface area contributed by atoms with Crippen molar-refractivity contribution in [3.8, 4) is 0 Å². The summed E-state index contributed by atoms with van der Waals surface area (Å²) in [4.78, 5) is 63.9.